The van der Waals surface area contributed by atoms with E-state index in [9.17, 15) is 14.0 Å². The summed E-state index contributed by atoms with van der Waals surface area (Å²) in [6.45, 7) is 1.28. The molecule has 1 atom stereocenters. The molecule has 0 radical (unpaired) electrons. The summed E-state index contributed by atoms with van der Waals surface area (Å²) < 4.78 is 13.3. The molecule has 2 nitrogen and oxygen atoms in total. The van der Waals surface area contributed by atoms with E-state index in [0.717, 1.165) is 6.08 Å². The van der Waals surface area contributed by atoms with Crippen LogP contribution in [0.2, 0.25) is 0 Å². The Morgan fingerprint density at radius 2 is 2.20 bits per heavy atom. The molecule has 0 aromatic carbocycles. The van der Waals surface area contributed by atoms with Gasteiger partial charge in [0.25, 0.3) is 0 Å². The Labute approximate surface area is 96.7 Å². The summed E-state index contributed by atoms with van der Waals surface area (Å²) in [7, 11) is 0. The molecule has 0 aromatic heterocycles. The van der Waals surface area contributed by atoms with Gasteiger partial charge in [-0.15, -0.1) is 0 Å². The number of alkyl halides is 2. The fourth-order valence-electron chi connectivity index (χ4n) is 1.21. The maximum atomic E-state index is 13.3. The highest BCUT2D eigenvalue weighted by Gasteiger charge is 2.30. The lowest BCUT2D eigenvalue weighted by Gasteiger charge is -2.18. The van der Waals surface area contributed by atoms with Gasteiger partial charge in [-0.2, -0.15) is 0 Å². The van der Waals surface area contributed by atoms with E-state index in [1.807, 2.05) is 0 Å². The zero-order valence-corrected chi connectivity index (χ0v) is 9.53. The van der Waals surface area contributed by atoms with Crippen molar-refractivity contribution in [3.8, 4) is 0 Å². The first-order valence-electron chi connectivity index (χ1n) is 4.31. The minimum absolute atomic E-state index is 0.0179. The third-order valence-corrected chi connectivity index (χ3v) is 2.50. The maximum absolute atomic E-state index is 13.3. The summed E-state index contributed by atoms with van der Waals surface area (Å²) >= 11 is 11.2. The van der Waals surface area contributed by atoms with Crippen LogP contribution in [0.5, 0.6) is 0 Å². The lowest BCUT2D eigenvalue weighted by atomic mass is 9.99. The topological polar surface area (TPSA) is 34.1 Å². The average Bonchev–Trinajstić information content (AvgIpc) is 2.08. The molecule has 0 fully saturated rings. The highest BCUT2D eigenvalue weighted by atomic mass is 35.5. The molecule has 0 spiro atoms. The Hall–Kier alpha value is -0.670. The summed E-state index contributed by atoms with van der Waals surface area (Å²) in [6, 6.07) is 0. The van der Waals surface area contributed by atoms with Crippen LogP contribution >= 0.6 is 23.2 Å². The Bertz CT molecular complexity index is 370. The van der Waals surface area contributed by atoms with Gasteiger partial charge in [0.05, 0.1) is 6.42 Å². The van der Waals surface area contributed by atoms with Crippen molar-refractivity contribution in [3.05, 3.63) is 22.8 Å². The van der Waals surface area contributed by atoms with Crippen LogP contribution in [-0.4, -0.2) is 16.7 Å². The predicted molar refractivity (Wildman–Crippen MR) is 56.6 cm³/mol. The Morgan fingerprint density at radius 3 is 2.73 bits per heavy atom. The van der Waals surface area contributed by atoms with Crippen LogP contribution < -0.4 is 0 Å². The van der Waals surface area contributed by atoms with Crippen molar-refractivity contribution in [1.82, 2.24) is 0 Å². The van der Waals surface area contributed by atoms with E-state index in [-0.39, 0.29) is 29.2 Å². The molecular weight excluding hydrogens is 242 g/mol. The van der Waals surface area contributed by atoms with Gasteiger partial charge in [-0.25, -0.2) is 4.39 Å². The van der Waals surface area contributed by atoms with E-state index in [2.05, 4.69) is 0 Å². The van der Waals surface area contributed by atoms with E-state index >= 15 is 0 Å². The minimum atomic E-state index is -2.08. The predicted octanol–water partition coefficient (Wildman–Crippen LogP) is 2.89. The normalized spacial score (nSPS) is 25.6. The van der Waals surface area contributed by atoms with Crippen LogP contribution in [-0.2, 0) is 9.59 Å². The van der Waals surface area contributed by atoms with Crippen LogP contribution in [0.4, 0.5) is 4.39 Å². The molecule has 0 saturated carbocycles. The van der Waals surface area contributed by atoms with Crippen LogP contribution in [0.15, 0.2) is 22.8 Å². The molecule has 1 unspecified atom stereocenters. The number of ketones is 2. The van der Waals surface area contributed by atoms with Gasteiger partial charge in [-0.1, -0.05) is 29.3 Å². The molecule has 1 aliphatic carbocycles. The lowest BCUT2D eigenvalue weighted by molar-refractivity contribution is -0.123. The SMILES string of the molecule is CC(=O)CC(=O)C1=CC(F)(Cl)CC=C1Cl. The molecule has 82 valence electrons. The molecule has 1 rings (SSSR count). The Morgan fingerprint density at radius 1 is 1.60 bits per heavy atom. The first-order valence-corrected chi connectivity index (χ1v) is 5.07. The summed E-state index contributed by atoms with van der Waals surface area (Å²) in [5, 5.41) is -1.93. The van der Waals surface area contributed by atoms with Gasteiger partial charge >= 0.3 is 0 Å². The van der Waals surface area contributed by atoms with Gasteiger partial charge in [0.2, 0.25) is 5.13 Å². The van der Waals surface area contributed by atoms with Gasteiger partial charge in [0.15, 0.2) is 5.78 Å². The van der Waals surface area contributed by atoms with Gasteiger partial charge in [0, 0.05) is 17.0 Å². The van der Waals surface area contributed by atoms with Crippen molar-refractivity contribution >= 4 is 34.8 Å². The van der Waals surface area contributed by atoms with Gasteiger partial charge in [-0.05, 0) is 13.0 Å². The van der Waals surface area contributed by atoms with Crippen molar-refractivity contribution in [1.29, 1.82) is 0 Å². The summed E-state index contributed by atoms with van der Waals surface area (Å²) in [6.07, 6.45) is 1.93. The Balaban J connectivity index is 2.92. The average molecular weight is 251 g/mol. The Kier molecular flexibility index (Phi) is 3.68. The second kappa shape index (κ2) is 4.45. The second-order valence-corrected chi connectivity index (χ2v) is 4.41. The molecular formula is C10H9Cl2FO2. The van der Waals surface area contributed by atoms with Crippen molar-refractivity contribution < 1.29 is 14.0 Å². The molecule has 0 aromatic rings. The van der Waals surface area contributed by atoms with E-state index < -0.39 is 10.9 Å². The van der Waals surface area contributed by atoms with Crippen molar-refractivity contribution in [2.24, 2.45) is 0 Å². The van der Waals surface area contributed by atoms with Crippen LogP contribution in [0.1, 0.15) is 19.8 Å². The highest BCUT2D eigenvalue weighted by Crippen LogP contribution is 2.34. The van der Waals surface area contributed by atoms with Crippen LogP contribution in [0.3, 0.4) is 0 Å². The second-order valence-electron chi connectivity index (χ2n) is 3.38. The number of halogens is 3. The number of allylic oxidation sites excluding steroid dienone is 4. The fourth-order valence-corrected chi connectivity index (χ4v) is 1.63. The summed E-state index contributed by atoms with van der Waals surface area (Å²) in [5.41, 5.74) is -0.0179. The van der Waals surface area contributed by atoms with E-state index in [4.69, 9.17) is 23.2 Å². The minimum Gasteiger partial charge on any atom is -0.300 e. The smallest absolute Gasteiger partial charge is 0.206 e. The third kappa shape index (κ3) is 3.43. The quantitative estimate of drug-likeness (QED) is 0.570. The first-order chi connectivity index (χ1) is 6.82. The summed E-state index contributed by atoms with van der Waals surface area (Å²) in [4.78, 5) is 22.2. The molecule has 1 aliphatic rings. The number of hydrogen-bond donors (Lipinski definition) is 0. The van der Waals surface area contributed by atoms with Gasteiger partial charge in [0.1, 0.15) is 5.78 Å². The van der Waals surface area contributed by atoms with Crippen molar-refractivity contribution in [3.63, 3.8) is 0 Å². The molecule has 0 bridgehead atoms. The molecule has 15 heavy (non-hydrogen) atoms. The van der Waals surface area contributed by atoms with Crippen LogP contribution in [0.25, 0.3) is 0 Å². The standard InChI is InChI=1S/C10H9Cl2FO2/c1-6(14)4-9(15)7-5-10(12,13)3-2-8(7)11/h2,5H,3-4H2,1H3. The number of carbonyl (C=O) groups is 2. The van der Waals surface area contributed by atoms with Gasteiger partial charge < -0.3 is 0 Å². The molecule has 0 N–H and O–H groups in total. The number of carbonyl (C=O) groups excluding carboxylic acids is 2. The molecule has 0 amide bonds. The molecule has 5 heteroatoms. The van der Waals surface area contributed by atoms with E-state index in [0.29, 0.717) is 0 Å². The number of rotatable bonds is 3. The summed E-state index contributed by atoms with van der Waals surface area (Å²) in [5.74, 6) is -0.805. The zero-order chi connectivity index (χ0) is 11.6. The molecule has 0 heterocycles. The first kappa shape index (κ1) is 12.4. The zero-order valence-electron chi connectivity index (χ0n) is 8.02. The lowest BCUT2D eigenvalue weighted by Crippen LogP contribution is -2.18. The largest absolute Gasteiger partial charge is 0.300 e. The van der Waals surface area contributed by atoms with Crippen molar-refractivity contribution in [2.75, 3.05) is 0 Å². The maximum Gasteiger partial charge on any atom is 0.206 e. The fraction of sp³-hybridized carbons (Fsp3) is 0.400. The highest BCUT2D eigenvalue weighted by molar-refractivity contribution is 6.37. The van der Waals surface area contributed by atoms with Gasteiger partial charge in [-0.3, -0.25) is 9.59 Å². The molecule has 0 saturated heterocycles. The number of Topliss-reactive ketones (excluding diaryl/α,β-unsaturated/α-hetero) is 2. The monoisotopic (exact) mass is 250 g/mol. The van der Waals surface area contributed by atoms with E-state index in [1.54, 1.807) is 0 Å². The third-order valence-electron chi connectivity index (χ3n) is 1.88. The van der Waals surface area contributed by atoms with E-state index in [1.165, 1.54) is 13.0 Å². The molecule has 0 aliphatic heterocycles. The van der Waals surface area contributed by atoms with Crippen molar-refractivity contribution in [2.45, 2.75) is 24.9 Å². The van der Waals surface area contributed by atoms with Crippen LogP contribution in [0, 0.1) is 0 Å². The number of hydrogen-bond acceptors (Lipinski definition) is 2.